The minimum atomic E-state index is -0.299. The molecule has 0 spiro atoms. The molecule has 0 bridgehead atoms. The average Bonchev–Trinajstić information content (AvgIpc) is 3.28. The number of methoxy groups -OCH3 is 1. The Labute approximate surface area is 147 Å². The van der Waals surface area contributed by atoms with Gasteiger partial charge in [0.2, 0.25) is 0 Å². The smallest absolute Gasteiger partial charge is 0.320 e. The van der Waals surface area contributed by atoms with Crippen LogP contribution in [0.3, 0.4) is 0 Å². The van der Waals surface area contributed by atoms with Crippen molar-refractivity contribution in [3.63, 3.8) is 0 Å². The molecule has 134 valence electrons. The molecule has 1 aromatic carbocycles. The quantitative estimate of drug-likeness (QED) is 0.842. The summed E-state index contributed by atoms with van der Waals surface area (Å²) in [7, 11) is 1.67. The molecule has 1 aliphatic heterocycles. The van der Waals surface area contributed by atoms with Crippen molar-refractivity contribution >= 4 is 11.8 Å². The lowest BCUT2D eigenvalue weighted by Crippen LogP contribution is -2.38. The van der Waals surface area contributed by atoms with Gasteiger partial charge in [0.25, 0.3) is 0 Å². The van der Waals surface area contributed by atoms with Crippen molar-refractivity contribution in [1.82, 2.24) is 15.4 Å². The fourth-order valence-corrected chi connectivity index (χ4v) is 3.21. The third-order valence-electron chi connectivity index (χ3n) is 4.40. The first-order chi connectivity index (χ1) is 12.2. The lowest BCUT2D eigenvalue weighted by molar-refractivity contribution is 0.224. The number of benzene rings is 1. The van der Waals surface area contributed by atoms with Gasteiger partial charge in [0, 0.05) is 18.2 Å². The summed E-state index contributed by atoms with van der Waals surface area (Å²) in [6.07, 6.45) is 2.35. The molecule has 2 N–H and O–H groups in total. The number of ether oxygens (including phenoxy) is 1. The highest BCUT2D eigenvalue weighted by atomic mass is 16.5. The number of hydrogen-bond donors (Lipinski definition) is 2. The topological polar surface area (TPSA) is 79.6 Å². The molecule has 2 amide bonds. The van der Waals surface area contributed by atoms with Crippen molar-refractivity contribution in [2.75, 3.05) is 32.1 Å². The molecular weight excluding hydrogens is 320 g/mol. The van der Waals surface area contributed by atoms with Gasteiger partial charge >= 0.3 is 6.03 Å². The highest BCUT2D eigenvalue weighted by molar-refractivity contribution is 5.88. The van der Waals surface area contributed by atoms with Crippen molar-refractivity contribution in [2.24, 2.45) is 0 Å². The third-order valence-corrected chi connectivity index (χ3v) is 4.40. The van der Waals surface area contributed by atoms with Gasteiger partial charge in [-0.3, -0.25) is 10.2 Å². The fourth-order valence-electron chi connectivity index (χ4n) is 3.21. The summed E-state index contributed by atoms with van der Waals surface area (Å²) < 4.78 is 10.5. The number of para-hydroxylation sites is 1. The first-order valence-electron chi connectivity index (χ1n) is 8.52. The van der Waals surface area contributed by atoms with Crippen molar-refractivity contribution in [2.45, 2.75) is 25.8 Å². The van der Waals surface area contributed by atoms with Crippen LogP contribution in [0.2, 0.25) is 0 Å². The van der Waals surface area contributed by atoms with Crippen LogP contribution in [0.15, 0.2) is 34.9 Å². The molecule has 0 saturated carbocycles. The summed E-state index contributed by atoms with van der Waals surface area (Å²) in [5.41, 5.74) is 1.09. The van der Waals surface area contributed by atoms with E-state index in [1.807, 2.05) is 18.2 Å². The minimum Gasteiger partial charge on any atom is -0.496 e. The second kappa shape index (κ2) is 8.02. The number of urea groups is 1. The van der Waals surface area contributed by atoms with Gasteiger partial charge in [-0.1, -0.05) is 23.4 Å². The number of rotatable bonds is 6. The zero-order valence-electron chi connectivity index (χ0n) is 14.6. The standard InChI is InChI=1S/C18H24N4O3/c1-13-11-17(21-25-13)20-18(23)19-12-15(22-9-5-6-10-22)14-7-3-4-8-16(14)24-2/h3-4,7-8,11,15H,5-6,9-10,12H2,1-2H3,(H2,19,20,21,23). The van der Waals surface area contributed by atoms with Crippen LogP contribution in [-0.2, 0) is 0 Å². The van der Waals surface area contributed by atoms with Crippen LogP contribution in [0.1, 0.15) is 30.2 Å². The van der Waals surface area contributed by atoms with E-state index in [4.69, 9.17) is 9.26 Å². The molecule has 1 saturated heterocycles. The number of hydrogen-bond acceptors (Lipinski definition) is 5. The molecule has 1 aromatic heterocycles. The molecular formula is C18H24N4O3. The van der Waals surface area contributed by atoms with Crippen molar-refractivity contribution in [3.05, 3.63) is 41.7 Å². The first kappa shape index (κ1) is 17.3. The Hall–Kier alpha value is -2.54. The van der Waals surface area contributed by atoms with Gasteiger partial charge in [0.1, 0.15) is 11.5 Å². The molecule has 1 unspecified atom stereocenters. The van der Waals surface area contributed by atoms with Gasteiger partial charge in [-0.25, -0.2) is 4.79 Å². The number of nitrogens with one attached hydrogen (secondary N) is 2. The number of anilines is 1. The maximum Gasteiger partial charge on any atom is 0.320 e. The Morgan fingerprint density at radius 2 is 2.12 bits per heavy atom. The molecule has 7 heteroatoms. The maximum atomic E-state index is 12.2. The summed E-state index contributed by atoms with van der Waals surface area (Å²) in [6.45, 7) is 4.31. The predicted molar refractivity (Wildman–Crippen MR) is 94.8 cm³/mol. The van der Waals surface area contributed by atoms with Crippen molar-refractivity contribution in [1.29, 1.82) is 0 Å². The first-order valence-corrected chi connectivity index (χ1v) is 8.52. The second-order valence-electron chi connectivity index (χ2n) is 6.16. The Morgan fingerprint density at radius 3 is 2.80 bits per heavy atom. The lowest BCUT2D eigenvalue weighted by atomic mass is 10.0. The lowest BCUT2D eigenvalue weighted by Gasteiger charge is -2.29. The molecule has 1 atom stereocenters. The van der Waals surface area contributed by atoms with Crippen LogP contribution in [0, 0.1) is 6.92 Å². The Morgan fingerprint density at radius 1 is 1.36 bits per heavy atom. The minimum absolute atomic E-state index is 0.0726. The molecule has 0 radical (unpaired) electrons. The number of aromatic nitrogens is 1. The number of amides is 2. The summed E-state index contributed by atoms with van der Waals surface area (Å²) in [5.74, 6) is 1.90. The van der Waals surface area contributed by atoms with Gasteiger partial charge in [-0.2, -0.15) is 0 Å². The highest BCUT2D eigenvalue weighted by Gasteiger charge is 2.26. The van der Waals surface area contributed by atoms with E-state index in [2.05, 4.69) is 26.8 Å². The zero-order valence-corrected chi connectivity index (χ0v) is 14.6. The van der Waals surface area contributed by atoms with Gasteiger partial charge in [0.15, 0.2) is 5.82 Å². The van der Waals surface area contributed by atoms with Gasteiger partial charge in [-0.15, -0.1) is 0 Å². The van der Waals surface area contributed by atoms with Gasteiger partial charge < -0.3 is 14.6 Å². The maximum absolute atomic E-state index is 12.2. The van der Waals surface area contributed by atoms with Gasteiger partial charge in [0.05, 0.1) is 13.2 Å². The van der Waals surface area contributed by atoms with Crippen LogP contribution < -0.4 is 15.4 Å². The third kappa shape index (κ3) is 4.30. The summed E-state index contributed by atoms with van der Waals surface area (Å²) in [5, 5.41) is 9.39. The van der Waals surface area contributed by atoms with E-state index in [0.717, 1.165) is 24.4 Å². The Bertz CT molecular complexity index is 710. The molecule has 7 nitrogen and oxygen atoms in total. The molecule has 1 fully saturated rings. The molecule has 2 aromatic rings. The normalized spacial score (nSPS) is 15.8. The second-order valence-corrected chi connectivity index (χ2v) is 6.16. The van der Waals surface area contributed by atoms with Crippen LogP contribution >= 0.6 is 0 Å². The SMILES string of the molecule is COc1ccccc1C(CNC(=O)Nc1cc(C)on1)N1CCCC1. The summed E-state index contributed by atoms with van der Waals surface area (Å²) >= 11 is 0. The number of aryl methyl sites for hydroxylation is 1. The summed E-state index contributed by atoms with van der Waals surface area (Å²) in [6, 6.07) is 9.42. The fraction of sp³-hybridized carbons (Fsp3) is 0.444. The van der Waals surface area contributed by atoms with E-state index >= 15 is 0 Å². The van der Waals surface area contributed by atoms with E-state index in [1.165, 1.54) is 12.8 Å². The predicted octanol–water partition coefficient (Wildman–Crippen LogP) is 2.95. The van der Waals surface area contributed by atoms with E-state index in [-0.39, 0.29) is 12.1 Å². The Balaban J connectivity index is 1.68. The molecule has 0 aliphatic carbocycles. The van der Waals surface area contributed by atoms with E-state index < -0.39 is 0 Å². The molecule has 1 aliphatic rings. The van der Waals surface area contributed by atoms with E-state index in [1.54, 1.807) is 20.1 Å². The largest absolute Gasteiger partial charge is 0.496 e. The van der Waals surface area contributed by atoms with E-state index in [9.17, 15) is 4.79 Å². The number of likely N-dealkylation sites (tertiary alicyclic amines) is 1. The molecule has 3 rings (SSSR count). The average molecular weight is 344 g/mol. The Kier molecular flexibility index (Phi) is 5.55. The zero-order chi connectivity index (χ0) is 17.6. The summed E-state index contributed by atoms with van der Waals surface area (Å²) in [4.78, 5) is 14.6. The molecule has 2 heterocycles. The number of carbonyl (C=O) groups is 1. The number of nitrogens with zero attached hydrogens (tertiary/aromatic N) is 2. The highest BCUT2D eigenvalue weighted by Crippen LogP contribution is 2.31. The van der Waals surface area contributed by atoms with Crippen LogP contribution in [0.25, 0.3) is 0 Å². The molecule has 25 heavy (non-hydrogen) atoms. The van der Waals surface area contributed by atoms with Crippen molar-refractivity contribution in [3.8, 4) is 5.75 Å². The van der Waals surface area contributed by atoms with E-state index in [0.29, 0.717) is 18.1 Å². The monoisotopic (exact) mass is 344 g/mol. The van der Waals surface area contributed by atoms with Crippen molar-refractivity contribution < 1.29 is 14.1 Å². The van der Waals surface area contributed by atoms with Crippen LogP contribution in [0.5, 0.6) is 5.75 Å². The van der Waals surface area contributed by atoms with Gasteiger partial charge in [-0.05, 0) is 38.9 Å². The number of carbonyl (C=O) groups excluding carboxylic acids is 1. The van der Waals surface area contributed by atoms with Crippen LogP contribution in [0.4, 0.5) is 10.6 Å². The van der Waals surface area contributed by atoms with Crippen LogP contribution in [-0.4, -0.2) is 42.8 Å².